The van der Waals surface area contributed by atoms with Gasteiger partial charge in [-0.2, -0.15) is 10.1 Å². The third kappa shape index (κ3) is 4.62. The van der Waals surface area contributed by atoms with E-state index >= 15 is 0 Å². The number of hydrogen-bond acceptors (Lipinski definition) is 9. The summed E-state index contributed by atoms with van der Waals surface area (Å²) in [5.41, 5.74) is 5.20. The highest BCUT2D eigenvalue weighted by molar-refractivity contribution is 14.1. The lowest BCUT2D eigenvalue weighted by atomic mass is 10.2. The van der Waals surface area contributed by atoms with Crippen molar-refractivity contribution in [3.63, 3.8) is 0 Å². The number of halogens is 2. The van der Waals surface area contributed by atoms with Crippen molar-refractivity contribution >= 4 is 73.4 Å². The van der Waals surface area contributed by atoms with Crippen molar-refractivity contribution < 1.29 is 9.37 Å². The summed E-state index contributed by atoms with van der Waals surface area (Å²) in [6, 6.07) is 13.5. The maximum atomic E-state index is 5.23. The predicted molar refractivity (Wildman–Crippen MR) is 122 cm³/mol. The van der Waals surface area contributed by atoms with Crippen LogP contribution < -0.4 is 15.5 Å². The van der Waals surface area contributed by atoms with Crippen LogP contribution in [0.25, 0.3) is 11.3 Å². The van der Waals surface area contributed by atoms with Gasteiger partial charge in [0, 0.05) is 9.26 Å². The minimum Gasteiger partial charge on any atom is -0.496 e. The molecule has 0 aliphatic rings. The van der Waals surface area contributed by atoms with Gasteiger partial charge in [-0.25, -0.2) is 9.61 Å². The van der Waals surface area contributed by atoms with E-state index in [2.05, 4.69) is 74.6 Å². The topological polar surface area (TPSA) is 110 Å². The largest absolute Gasteiger partial charge is 0.496 e. The normalized spacial score (nSPS) is 11.1. The van der Waals surface area contributed by atoms with Gasteiger partial charge in [-0.3, -0.25) is 5.43 Å². The standard InChI is InChI=1S/C18H13BrIN7O2/c1-28-14-7-2-10(8-13(14)19)9-21-25-16-15(22-12-5-3-11(20)4-6-12)23-17-18(24-16)27-29-26-17/h2-9H,1H3,(H,22,23,26)(H,24,25,27)/b21-9-. The molecule has 0 atom stereocenters. The van der Waals surface area contributed by atoms with Gasteiger partial charge >= 0.3 is 0 Å². The highest BCUT2D eigenvalue weighted by atomic mass is 127. The first-order valence-electron chi connectivity index (χ1n) is 8.28. The Morgan fingerprint density at radius 3 is 2.48 bits per heavy atom. The van der Waals surface area contributed by atoms with Gasteiger partial charge in [-0.05, 0) is 96.9 Å². The van der Waals surface area contributed by atoms with Gasteiger partial charge in [0.1, 0.15) is 5.75 Å². The number of fused-ring (bicyclic) bond motifs is 1. The molecule has 0 radical (unpaired) electrons. The second-order valence-corrected chi connectivity index (χ2v) is 7.83. The van der Waals surface area contributed by atoms with E-state index in [0.717, 1.165) is 25.0 Å². The smallest absolute Gasteiger partial charge is 0.245 e. The first kappa shape index (κ1) is 19.5. The Balaban J connectivity index is 1.59. The van der Waals surface area contributed by atoms with Crippen molar-refractivity contribution in [3.05, 3.63) is 56.1 Å². The molecule has 0 amide bonds. The summed E-state index contributed by atoms with van der Waals surface area (Å²) in [5, 5.41) is 14.9. The number of nitrogens with zero attached hydrogens (tertiary/aromatic N) is 5. The molecule has 0 unspecified atom stereocenters. The van der Waals surface area contributed by atoms with Crippen LogP contribution in [-0.4, -0.2) is 33.6 Å². The molecule has 2 aromatic heterocycles. The number of rotatable bonds is 6. The van der Waals surface area contributed by atoms with Crippen LogP contribution in [0.3, 0.4) is 0 Å². The van der Waals surface area contributed by atoms with Crippen LogP contribution in [0.5, 0.6) is 5.75 Å². The highest BCUT2D eigenvalue weighted by Gasteiger charge is 2.12. The van der Waals surface area contributed by atoms with Crippen LogP contribution in [0.1, 0.15) is 5.56 Å². The molecule has 0 fully saturated rings. The minimum atomic E-state index is 0.281. The average Bonchev–Trinajstić information content (AvgIpc) is 3.17. The molecule has 0 saturated carbocycles. The monoisotopic (exact) mass is 565 g/mol. The van der Waals surface area contributed by atoms with Crippen LogP contribution in [-0.2, 0) is 0 Å². The van der Waals surface area contributed by atoms with E-state index in [9.17, 15) is 0 Å². The second kappa shape index (κ2) is 8.69. The van der Waals surface area contributed by atoms with Crippen molar-refractivity contribution in [2.45, 2.75) is 0 Å². The number of methoxy groups -OCH3 is 1. The molecule has 2 N–H and O–H groups in total. The minimum absolute atomic E-state index is 0.281. The van der Waals surface area contributed by atoms with Crippen molar-refractivity contribution in [2.75, 3.05) is 17.9 Å². The Bertz CT molecular complexity index is 1180. The number of aromatic nitrogens is 4. The second-order valence-electron chi connectivity index (χ2n) is 5.73. The fraction of sp³-hybridized carbons (Fsp3) is 0.0556. The molecule has 11 heteroatoms. The lowest BCUT2D eigenvalue weighted by Gasteiger charge is -2.09. The van der Waals surface area contributed by atoms with Crippen molar-refractivity contribution in [2.24, 2.45) is 5.10 Å². The Morgan fingerprint density at radius 1 is 1.07 bits per heavy atom. The SMILES string of the molecule is COc1ccc(/C=N\Nc2nc3nonc3nc2Nc2ccc(I)cc2)cc1Br. The van der Waals surface area contributed by atoms with E-state index in [0.29, 0.717) is 17.3 Å². The van der Waals surface area contributed by atoms with Gasteiger partial charge in [-0.15, -0.1) is 0 Å². The quantitative estimate of drug-likeness (QED) is 0.199. The molecule has 0 spiro atoms. The van der Waals surface area contributed by atoms with Gasteiger partial charge in [0.15, 0.2) is 11.6 Å². The first-order valence-corrected chi connectivity index (χ1v) is 10.1. The Hall–Kier alpha value is -2.80. The predicted octanol–water partition coefficient (Wildman–Crippen LogP) is 4.58. The van der Waals surface area contributed by atoms with Crippen LogP contribution in [0.4, 0.5) is 17.3 Å². The molecule has 4 rings (SSSR count). The summed E-state index contributed by atoms with van der Waals surface area (Å²) in [6.45, 7) is 0. The molecule has 0 aliphatic carbocycles. The van der Waals surface area contributed by atoms with E-state index in [4.69, 9.17) is 9.37 Å². The lowest BCUT2D eigenvalue weighted by Crippen LogP contribution is -2.03. The van der Waals surface area contributed by atoms with Crippen molar-refractivity contribution in [3.8, 4) is 5.75 Å². The van der Waals surface area contributed by atoms with Gasteiger partial charge < -0.3 is 10.1 Å². The number of anilines is 3. The zero-order valence-corrected chi connectivity index (χ0v) is 18.7. The molecule has 2 heterocycles. The van der Waals surface area contributed by atoms with Crippen LogP contribution in [0, 0.1) is 3.57 Å². The zero-order chi connectivity index (χ0) is 20.2. The van der Waals surface area contributed by atoms with Crippen molar-refractivity contribution in [1.29, 1.82) is 0 Å². The first-order chi connectivity index (χ1) is 14.1. The van der Waals surface area contributed by atoms with Gasteiger partial charge in [0.05, 0.1) is 17.8 Å². The molecule has 29 heavy (non-hydrogen) atoms. The van der Waals surface area contributed by atoms with Crippen LogP contribution in [0.15, 0.2) is 56.7 Å². The van der Waals surface area contributed by atoms with E-state index in [1.165, 1.54) is 0 Å². The van der Waals surface area contributed by atoms with Crippen LogP contribution >= 0.6 is 38.5 Å². The molecule has 146 valence electrons. The maximum Gasteiger partial charge on any atom is 0.245 e. The third-order valence-corrected chi connectivity index (χ3v) is 5.12. The summed E-state index contributed by atoms with van der Waals surface area (Å²) in [7, 11) is 1.62. The van der Waals surface area contributed by atoms with E-state index in [-0.39, 0.29) is 5.65 Å². The van der Waals surface area contributed by atoms with E-state index in [1.54, 1.807) is 13.3 Å². The Morgan fingerprint density at radius 2 is 1.79 bits per heavy atom. The van der Waals surface area contributed by atoms with Gasteiger partial charge in [-0.1, -0.05) is 0 Å². The molecular formula is C18H13BrIN7O2. The fourth-order valence-electron chi connectivity index (χ4n) is 2.40. The summed E-state index contributed by atoms with van der Waals surface area (Å²) in [4.78, 5) is 8.79. The molecular weight excluding hydrogens is 553 g/mol. The molecule has 2 aromatic carbocycles. The van der Waals surface area contributed by atoms with Gasteiger partial charge in [0.25, 0.3) is 0 Å². The molecule has 0 bridgehead atoms. The molecule has 0 aliphatic heterocycles. The molecule has 4 aromatic rings. The summed E-state index contributed by atoms with van der Waals surface area (Å²) in [5.74, 6) is 1.58. The summed E-state index contributed by atoms with van der Waals surface area (Å²) >= 11 is 5.70. The number of nitrogens with one attached hydrogen (secondary N) is 2. The maximum absolute atomic E-state index is 5.23. The molecule has 0 saturated heterocycles. The zero-order valence-electron chi connectivity index (χ0n) is 14.9. The molecule has 9 nitrogen and oxygen atoms in total. The highest BCUT2D eigenvalue weighted by Crippen LogP contribution is 2.26. The lowest BCUT2D eigenvalue weighted by molar-refractivity contribution is 0.314. The van der Waals surface area contributed by atoms with E-state index < -0.39 is 0 Å². The number of benzene rings is 2. The number of ether oxygens (including phenoxy) is 1. The number of hydrazone groups is 1. The average molecular weight is 566 g/mol. The Kier molecular flexibility index (Phi) is 5.85. The third-order valence-electron chi connectivity index (χ3n) is 3.78. The van der Waals surface area contributed by atoms with Crippen molar-refractivity contribution in [1.82, 2.24) is 20.3 Å². The summed E-state index contributed by atoms with van der Waals surface area (Å²) in [6.07, 6.45) is 1.66. The van der Waals surface area contributed by atoms with E-state index in [1.807, 2.05) is 42.5 Å². The van der Waals surface area contributed by atoms with Gasteiger partial charge in [0.2, 0.25) is 11.3 Å². The Labute approximate surface area is 187 Å². The van der Waals surface area contributed by atoms with Crippen LogP contribution in [0.2, 0.25) is 0 Å². The number of hydrogen-bond donors (Lipinski definition) is 2. The fourth-order valence-corrected chi connectivity index (χ4v) is 3.32. The summed E-state index contributed by atoms with van der Waals surface area (Å²) < 4.78 is 11.9.